The van der Waals surface area contributed by atoms with Crippen LogP contribution in [0.2, 0.25) is 10.0 Å². The van der Waals surface area contributed by atoms with Crippen molar-refractivity contribution in [2.24, 2.45) is 0 Å². The van der Waals surface area contributed by atoms with Gasteiger partial charge in [-0.3, -0.25) is 10.1 Å². The second kappa shape index (κ2) is 8.71. The van der Waals surface area contributed by atoms with Crippen LogP contribution in [-0.4, -0.2) is 45.5 Å². The van der Waals surface area contributed by atoms with Gasteiger partial charge in [0.15, 0.2) is 6.17 Å². The van der Waals surface area contributed by atoms with Crippen LogP contribution < -0.4 is 10.2 Å². The van der Waals surface area contributed by atoms with E-state index >= 15 is 0 Å². The summed E-state index contributed by atoms with van der Waals surface area (Å²) in [5.74, 6) is 0. The highest BCUT2D eigenvalue weighted by atomic mass is 35.5. The fourth-order valence-electron chi connectivity index (χ4n) is 3.68. The number of para-hydroxylation sites is 2. The third kappa shape index (κ3) is 3.93. The highest BCUT2D eigenvalue weighted by Gasteiger charge is 2.56. The second-order valence-electron chi connectivity index (χ2n) is 7.54. The third-order valence-corrected chi connectivity index (χ3v) is 5.77. The largest absolute Gasteiger partial charge is 0.347 e. The Bertz CT molecular complexity index is 953. The fraction of sp³-hybridized carbons (Fsp3) is 0.333. The van der Waals surface area contributed by atoms with Crippen LogP contribution in [0.5, 0.6) is 0 Å². The average molecular weight is 451 g/mol. The number of nitrogens with zero attached hydrogens (tertiary/aromatic N) is 3. The molecule has 0 spiro atoms. The first-order valence-electron chi connectivity index (χ1n) is 9.59. The van der Waals surface area contributed by atoms with E-state index in [4.69, 9.17) is 23.2 Å². The lowest BCUT2D eigenvalue weighted by molar-refractivity contribution is -0.0948. The van der Waals surface area contributed by atoms with Crippen molar-refractivity contribution < 1.29 is 14.8 Å². The number of hydroxylamine groups is 2. The molecule has 30 heavy (non-hydrogen) atoms. The topological polar surface area (TPSA) is 76.1 Å². The number of hydrogen-bond donors (Lipinski definition) is 2. The first-order valence-corrected chi connectivity index (χ1v) is 10.3. The summed E-state index contributed by atoms with van der Waals surface area (Å²) < 4.78 is 0. The Kier molecular flexibility index (Phi) is 6.45. The zero-order valence-corrected chi connectivity index (χ0v) is 18.5. The van der Waals surface area contributed by atoms with Crippen LogP contribution in [0.4, 0.5) is 21.0 Å². The molecule has 1 fully saturated rings. The van der Waals surface area contributed by atoms with Gasteiger partial charge in [0.1, 0.15) is 0 Å². The van der Waals surface area contributed by atoms with E-state index in [-0.39, 0.29) is 6.03 Å². The Morgan fingerprint density at radius 3 is 2.33 bits per heavy atom. The van der Waals surface area contributed by atoms with E-state index in [0.29, 0.717) is 33.0 Å². The summed E-state index contributed by atoms with van der Waals surface area (Å²) in [6.07, 6.45) is -0.311. The normalized spacial score (nSPS) is 17.9. The number of rotatable bonds is 5. The van der Waals surface area contributed by atoms with Crippen molar-refractivity contribution in [2.75, 3.05) is 16.8 Å². The molecule has 0 aliphatic carbocycles. The van der Waals surface area contributed by atoms with Gasteiger partial charge in [-0.2, -0.15) is 5.06 Å². The summed E-state index contributed by atoms with van der Waals surface area (Å²) in [7, 11) is 0. The molecule has 9 heteroatoms. The van der Waals surface area contributed by atoms with Crippen molar-refractivity contribution in [1.29, 1.82) is 0 Å². The summed E-state index contributed by atoms with van der Waals surface area (Å²) in [5, 5.41) is 14.7. The van der Waals surface area contributed by atoms with Crippen molar-refractivity contribution in [3.63, 3.8) is 0 Å². The summed E-state index contributed by atoms with van der Waals surface area (Å²) in [6, 6.07) is 12.4. The monoisotopic (exact) mass is 450 g/mol. The van der Waals surface area contributed by atoms with Crippen LogP contribution in [-0.2, 0) is 0 Å². The first kappa shape index (κ1) is 22.2. The van der Waals surface area contributed by atoms with Gasteiger partial charge in [0.05, 0.1) is 27.0 Å². The molecule has 4 amide bonds. The molecule has 1 unspecified atom stereocenters. The van der Waals surface area contributed by atoms with Crippen LogP contribution in [0.25, 0.3) is 0 Å². The van der Waals surface area contributed by atoms with Crippen LogP contribution in [0.1, 0.15) is 27.2 Å². The van der Waals surface area contributed by atoms with Crippen LogP contribution in [0.15, 0.2) is 48.5 Å². The quantitative estimate of drug-likeness (QED) is 0.454. The van der Waals surface area contributed by atoms with Gasteiger partial charge in [-0.05, 0) is 44.5 Å². The van der Waals surface area contributed by atoms with Crippen LogP contribution >= 0.6 is 23.2 Å². The lowest BCUT2D eigenvalue weighted by atomic mass is 9.99. The van der Waals surface area contributed by atoms with E-state index in [1.807, 2.05) is 6.92 Å². The van der Waals surface area contributed by atoms with Crippen molar-refractivity contribution >= 4 is 46.6 Å². The Morgan fingerprint density at radius 2 is 1.73 bits per heavy atom. The molecular weight excluding hydrogens is 427 g/mol. The maximum Gasteiger partial charge on any atom is 0.347 e. The predicted molar refractivity (Wildman–Crippen MR) is 118 cm³/mol. The summed E-state index contributed by atoms with van der Waals surface area (Å²) in [4.78, 5) is 29.2. The van der Waals surface area contributed by atoms with Gasteiger partial charge in [0, 0.05) is 6.54 Å². The van der Waals surface area contributed by atoms with Gasteiger partial charge in [-0.15, -0.1) is 0 Å². The minimum atomic E-state index is -1.03. The molecule has 0 saturated carbocycles. The Hall–Kier alpha value is -2.48. The smallest absolute Gasteiger partial charge is 0.315 e. The zero-order valence-electron chi connectivity index (χ0n) is 17.0. The van der Waals surface area contributed by atoms with E-state index in [1.165, 1.54) is 4.90 Å². The molecule has 0 radical (unpaired) electrons. The molecule has 2 aromatic rings. The Balaban J connectivity index is 2.01. The van der Waals surface area contributed by atoms with Gasteiger partial charge < -0.3 is 10.2 Å². The fourth-order valence-corrected chi connectivity index (χ4v) is 4.09. The molecule has 0 aromatic heterocycles. The summed E-state index contributed by atoms with van der Waals surface area (Å²) in [6.45, 7) is 6.02. The first-order chi connectivity index (χ1) is 14.2. The highest BCUT2D eigenvalue weighted by Crippen LogP contribution is 2.40. The van der Waals surface area contributed by atoms with Gasteiger partial charge in [0.25, 0.3) is 0 Å². The molecule has 1 atom stereocenters. The SMILES string of the molecule is CCCN1C(=O)N(c2ccccc2Cl)C(N(O)C(=O)Nc2ccccc2Cl)C1(C)C. The molecule has 160 valence electrons. The predicted octanol–water partition coefficient (Wildman–Crippen LogP) is 5.67. The van der Waals surface area contributed by atoms with Crippen LogP contribution in [0, 0.1) is 0 Å². The van der Waals surface area contributed by atoms with Crippen molar-refractivity contribution in [3.8, 4) is 0 Å². The van der Waals surface area contributed by atoms with Gasteiger partial charge in [0.2, 0.25) is 0 Å². The third-order valence-electron chi connectivity index (χ3n) is 5.12. The number of anilines is 2. The maximum atomic E-state index is 13.3. The van der Waals surface area contributed by atoms with Gasteiger partial charge in [-0.1, -0.05) is 54.4 Å². The van der Waals surface area contributed by atoms with Gasteiger partial charge >= 0.3 is 12.1 Å². The molecule has 1 aliphatic heterocycles. The number of carbonyl (C=O) groups excluding carboxylic acids is 2. The van der Waals surface area contributed by atoms with Crippen molar-refractivity contribution in [2.45, 2.75) is 38.9 Å². The Morgan fingerprint density at radius 1 is 1.13 bits per heavy atom. The molecule has 1 heterocycles. The van der Waals surface area contributed by atoms with E-state index in [0.717, 1.165) is 6.42 Å². The minimum absolute atomic E-state index is 0.330. The molecule has 2 aromatic carbocycles. The Labute approximate surface area is 185 Å². The molecular formula is C21H24Cl2N4O3. The molecule has 0 bridgehead atoms. The number of halogens is 2. The van der Waals surface area contributed by atoms with Crippen molar-refractivity contribution in [1.82, 2.24) is 9.96 Å². The van der Waals surface area contributed by atoms with E-state index in [2.05, 4.69) is 5.32 Å². The standard InChI is InChI=1S/C21H24Cl2N4O3/c1-4-13-25-20(29)26(17-12-8-6-10-15(17)23)18(21(25,2)3)27(30)19(28)24-16-11-7-5-9-14(16)22/h5-12,18,30H,4,13H2,1-3H3,(H,24,28). The molecule has 1 aliphatic rings. The number of urea groups is 2. The van der Waals surface area contributed by atoms with Crippen molar-refractivity contribution in [3.05, 3.63) is 58.6 Å². The lowest BCUT2D eigenvalue weighted by Crippen LogP contribution is -2.58. The van der Waals surface area contributed by atoms with Crippen LogP contribution in [0.3, 0.4) is 0 Å². The summed E-state index contributed by atoms with van der Waals surface area (Å²) >= 11 is 12.5. The van der Waals surface area contributed by atoms with E-state index < -0.39 is 17.7 Å². The summed E-state index contributed by atoms with van der Waals surface area (Å²) in [5.41, 5.74) is -0.149. The number of nitrogens with one attached hydrogen (secondary N) is 1. The van der Waals surface area contributed by atoms with E-state index in [1.54, 1.807) is 67.3 Å². The number of hydrogen-bond acceptors (Lipinski definition) is 3. The van der Waals surface area contributed by atoms with E-state index in [9.17, 15) is 14.8 Å². The molecule has 1 saturated heterocycles. The minimum Gasteiger partial charge on any atom is -0.315 e. The molecule has 2 N–H and O–H groups in total. The second-order valence-corrected chi connectivity index (χ2v) is 8.35. The number of benzene rings is 2. The lowest BCUT2D eigenvalue weighted by Gasteiger charge is -2.38. The zero-order chi connectivity index (χ0) is 22.1. The maximum absolute atomic E-state index is 13.3. The molecule has 7 nitrogen and oxygen atoms in total. The molecule has 3 rings (SSSR count). The average Bonchev–Trinajstić information content (AvgIpc) is 2.90. The number of carbonyl (C=O) groups is 2. The highest BCUT2D eigenvalue weighted by molar-refractivity contribution is 6.34. The van der Waals surface area contributed by atoms with Gasteiger partial charge in [-0.25, -0.2) is 9.59 Å². The number of amides is 4.